The zero-order valence-electron chi connectivity index (χ0n) is 15.6. The number of hydrazine groups is 1. The van der Waals surface area contributed by atoms with Gasteiger partial charge < -0.3 is 15.8 Å². The molecule has 1 atom stereocenters. The van der Waals surface area contributed by atoms with Crippen molar-refractivity contribution in [1.82, 2.24) is 14.8 Å². The summed E-state index contributed by atoms with van der Waals surface area (Å²) in [5.41, 5.74) is 5.98. The maximum Gasteiger partial charge on any atom is 0.425 e. The number of nitrogens with two attached hydrogens (primary N) is 2. The van der Waals surface area contributed by atoms with Crippen LogP contribution in [0.2, 0.25) is 5.02 Å². The molecule has 0 fully saturated rings. The Kier molecular flexibility index (Phi) is 5.97. The Morgan fingerprint density at radius 3 is 2.52 bits per heavy atom. The number of halogens is 1. The maximum absolute atomic E-state index is 12.9. The summed E-state index contributed by atoms with van der Waals surface area (Å²) in [4.78, 5) is 25.3. The second-order valence-corrected chi connectivity index (χ2v) is 7.36. The Morgan fingerprint density at radius 1 is 1.33 bits per heavy atom. The first kappa shape index (κ1) is 20.5. The van der Waals surface area contributed by atoms with Gasteiger partial charge in [-0.15, -0.1) is 0 Å². The van der Waals surface area contributed by atoms with E-state index in [1.807, 2.05) is 0 Å². The first-order valence-corrected chi connectivity index (χ1v) is 8.48. The highest BCUT2D eigenvalue weighted by atomic mass is 35.5. The number of aromatic nitrogens is 2. The lowest BCUT2D eigenvalue weighted by molar-refractivity contribution is -0.121. The molecule has 9 nitrogen and oxygen atoms in total. The lowest BCUT2D eigenvalue weighted by atomic mass is 10.1. The zero-order valence-corrected chi connectivity index (χ0v) is 16.3. The van der Waals surface area contributed by atoms with Crippen molar-refractivity contribution in [2.24, 2.45) is 12.9 Å². The number of benzene rings is 1. The van der Waals surface area contributed by atoms with Crippen molar-refractivity contribution in [2.75, 3.05) is 11.1 Å². The number of hydrogen-bond acceptors (Lipinski definition) is 6. The molecule has 5 N–H and O–H groups in total. The molecule has 0 radical (unpaired) electrons. The van der Waals surface area contributed by atoms with Gasteiger partial charge in [-0.3, -0.25) is 9.48 Å². The molecule has 0 aliphatic carbocycles. The van der Waals surface area contributed by atoms with Gasteiger partial charge >= 0.3 is 6.09 Å². The van der Waals surface area contributed by atoms with Crippen LogP contribution in [-0.4, -0.2) is 32.4 Å². The van der Waals surface area contributed by atoms with Crippen LogP contribution >= 0.6 is 11.6 Å². The minimum atomic E-state index is -1.23. The quantitative estimate of drug-likeness (QED) is 0.316. The summed E-state index contributed by atoms with van der Waals surface area (Å²) >= 11 is 5.87. The molecule has 0 aliphatic rings. The first-order chi connectivity index (χ1) is 12.5. The minimum absolute atomic E-state index is 0.274. The monoisotopic (exact) mass is 394 g/mol. The van der Waals surface area contributed by atoms with Crippen LogP contribution in [0.5, 0.6) is 0 Å². The van der Waals surface area contributed by atoms with Crippen LogP contribution < -0.4 is 16.9 Å². The number of carbonyl (C=O) groups excluding carboxylic acids is 2. The van der Waals surface area contributed by atoms with Crippen LogP contribution in [0.3, 0.4) is 0 Å². The molecule has 0 saturated carbocycles. The smallest absolute Gasteiger partial charge is 0.425 e. The second kappa shape index (κ2) is 7.85. The zero-order chi connectivity index (χ0) is 20.4. The van der Waals surface area contributed by atoms with Gasteiger partial charge in [-0.25, -0.2) is 15.6 Å². The van der Waals surface area contributed by atoms with Crippen LogP contribution in [-0.2, 0) is 16.6 Å². The van der Waals surface area contributed by atoms with E-state index in [2.05, 4.69) is 10.4 Å². The second-order valence-electron chi connectivity index (χ2n) is 6.93. The van der Waals surface area contributed by atoms with Gasteiger partial charge in [-0.1, -0.05) is 11.6 Å². The van der Waals surface area contributed by atoms with E-state index in [9.17, 15) is 9.59 Å². The van der Waals surface area contributed by atoms with E-state index in [1.54, 1.807) is 52.2 Å². The van der Waals surface area contributed by atoms with E-state index >= 15 is 0 Å². The third kappa shape index (κ3) is 5.35. The number of nitrogen functional groups attached to an aromatic ring is 1. The molecule has 2 rings (SSSR count). The van der Waals surface area contributed by atoms with Gasteiger partial charge in [0, 0.05) is 18.3 Å². The summed E-state index contributed by atoms with van der Waals surface area (Å²) in [7, 11) is 1.68. The maximum atomic E-state index is 12.9. The topological polar surface area (TPSA) is 128 Å². The average Bonchev–Trinajstić information content (AvgIpc) is 2.94. The Bertz CT molecular complexity index is 845. The van der Waals surface area contributed by atoms with Crippen LogP contribution in [0.1, 0.15) is 32.5 Å². The van der Waals surface area contributed by atoms with Crippen molar-refractivity contribution in [1.29, 1.82) is 0 Å². The van der Waals surface area contributed by atoms with Crippen molar-refractivity contribution in [2.45, 2.75) is 32.4 Å². The number of ether oxygens (including phenoxy) is 1. The van der Waals surface area contributed by atoms with Crippen molar-refractivity contribution >= 4 is 35.0 Å². The summed E-state index contributed by atoms with van der Waals surface area (Å²) in [6.07, 6.45) is 0.771. The number of nitrogens with one attached hydrogen (secondary N) is 1. The molecule has 0 saturated heterocycles. The van der Waals surface area contributed by atoms with Gasteiger partial charge in [0.2, 0.25) is 0 Å². The molecule has 1 aromatic heterocycles. The van der Waals surface area contributed by atoms with Gasteiger partial charge in [0.1, 0.15) is 5.60 Å². The fraction of sp³-hybridized carbons (Fsp3) is 0.353. The Morgan fingerprint density at radius 2 is 2.00 bits per heavy atom. The lowest BCUT2D eigenvalue weighted by Gasteiger charge is -2.28. The van der Waals surface area contributed by atoms with Crippen molar-refractivity contribution < 1.29 is 14.3 Å². The van der Waals surface area contributed by atoms with E-state index in [0.717, 1.165) is 0 Å². The summed E-state index contributed by atoms with van der Waals surface area (Å²) in [6.45, 7) is 5.09. The molecule has 1 unspecified atom stereocenters. The SMILES string of the molecule is Cn1ccc(C(C(=O)Nc2ccc(Cl)cc2N)N(N)C(=O)OC(C)(C)C)n1. The van der Waals surface area contributed by atoms with Gasteiger partial charge in [0.15, 0.2) is 6.04 Å². The predicted octanol–water partition coefficient (Wildman–Crippen LogP) is 2.45. The highest BCUT2D eigenvalue weighted by Gasteiger charge is 2.34. The summed E-state index contributed by atoms with van der Waals surface area (Å²) in [5.74, 6) is 5.32. The molecular formula is C17H23ClN6O3. The lowest BCUT2D eigenvalue weighted by Crippen LogP contribution is -2.48. The summed E-state index contributed by atoms with van der Waals surface area (Å²) in [5, 5.41) is 7.96. The highest BCUT2D eigenvalue weighted by molar-refractivity contribution is 6.31. The average molecular weight is 395 g/mol. The van der Waals surface area contributed by atoms with Crippen LogP contribution in [0.4, 0.5) is 16.2 Å². The normalized spacial score (nSPS) is 12.4. The third-order valence-electron chi connectivity index (χ3n) is 3.42. The van der Waals surface area contributed by atoms with E-state index in [0.29, 0.717) is 15.7 Å². The molecule has 2 amide bonds. The van der Waals surface area contributed by atoms with Crippen LogP contribution in [0.25, 0.3) is 0 Å². The first-order valence-electron chi connectivity index (χ1n) is 8.10. The number of aryl methyl sites for hydroxylation is 1. The molecule has 10 heteroatoms. The number of anilines is 2. The number of hydrogen-bond donors (Lipinski definition) is 3. The van der Waals surface area contributed by atoms with Gasteiger partial charge in [-0.2, -0.15) is 5.10 Å². The third-order valence-corrected chi connectivity index (χ3v) is 3.65. The highest BCUT2D eigenvalue weighted by Crippen LogP contribution is 2.26. The Balaban J connectivity index is 2.31. The number of nitrogens with zero attached hydrogens (tertiary/aromatic N) is 3. The van der Waals surface area contributed by atoms with Gasteiger partial charge in [0.25, 0.3) is 5.91 Å². The van der Waals surface area contributed by atoms with Crippen LogP contribution in [0.15, 0.2) is 30.5 Å². The molecular weight excluding hydrogens is 372 g/mol. The molecule has 1 aromatic carbocycles. The molecule has 27 heavy (non-hydrogen) atoms. The molecule has 146 valence electrons. The Labute approximate surface area is 162 Å². The number of carbonyl (C=O) groups is 2. The number of rotatable bonds is 4. The molecule has 0 aliphatic heterocycles. The minimum Gasteiger partial charge on any atom is -0.443 e. The molecule has 0 spiro atoms. The summed E-state index contributed by atoms with van der Waals surface area (Å²) < 4.78 is 6.75. The predicted molar refractivity (Wildman–Crippen MR) is 103 cm³/mol. The van der Waals surface area contributed by atoms with Crippen molar-refractivity contribution in [3.63, 3.8) is 0 Å². The molecule has 2 aromatic rings. The van der Waals surface area contributed by atoms with E-state index in [1.165, 1.54) is 10.7 Å². The van der Waals surface area contributed by atoms with E-state index in [-0.39, 0.29) is 11.4 Å². The Hall–Kier alpha value is -2.78. The van der Waals surface area contributed by atoms with Crippen LogP contribution in [0, 0.1) is 0 Å². The standard InChI is InChI=1S/C17H23ClN6O3/c1-17(2,3)27-16(26)24(20)14(13-7-8-23(4)22-13)15(25)21-12-6-5-10(18)9-11(12)19/h5-9,14H,19-20H2,1-4H3,(H,21,25). The summed E-state index contributed by atoms with van der Waals surface area (Å²) in [6, 6.07) is 4.99. The van der Waals surface area contributed by atoms with E-state index < -0.39 is 23.6 Å². The molecule has 1 heterocycles. The van der Waals surface area contributed by atoms with Crippen molar-refractivity contribution in [3.05, 3.63) is 41.2 Å². The van der Waals surface area contributed by atoms with E-state index in [4.69, 9.17) is 27.9 Å². The van der Waals surface area contributed by atoms with Gasteiger partial charge in [-0.05, 0) is 45.0 Å². The van der Waals surface area contributed by atoms with Crippen molar-refractivity contribution in [3.8, 4) is 0 Å². The molecule has 0 bridgehead atoms. The largest absolute Gasteiger partial charge is 0.443 e. The number of amides is 2. The fourth-order valence-corrected chi connectivity index (χ4v) is 2.43. The van der Waals surface area contributed by atoms with Gasteiger partial charge in [0.05, 0.1) is 17.1 Å². The fourth-order valence-electron chi connectivity index (χ4n) is 2.25.